The van der Waals surface area contributed by atoms with Gasteiger partial charge in [-0.1, -0.05) is 352 Å². The summed E-state index contributed by atoms with van der Waals surface area (Å²) in [5.41, 5.74) is 22.7. The van der Waals surface area contributed by atoms with Crippen LogP contribution >= 0.6 is 11.3 Å². The van der Waals surface area contributed by atoms with Crippen molar-refractivity contribution < 1.29 is 13.3 Å². The van der Waals surface area contributed by atoms with Gasteiger partial charge in [0.15, 0.2) is 16.7 Å². The molecule has 0 bridgehead atoms. The fraction of sp³-hybridized carbons (Fsp3) is 0. The smallest absolute Gasteiger partial charge is 0.160 e. The van der Waals surface area contributed by atoms with E-state index in [1.165, 1.54) is 209 Å². The number of benzene rings is 26. The van der Waals surface area contributed by atoms with Gasteiger partial charge in [0.1, 0.15) is 16.7 Å². The maximum Gasteiger partial charge on any atom is 0.160 e. The van der Waals surface area contributed by atoms with Gasteiger partial charge in [0.25, 0.3) is 0 Å². The van der Waals surface area contributed by atoms with Crippen LogP contribution in [0, 0.1) is 0 Å². The van der Waals surface area contributed by atoms with Crippen molar-refractivity contribution in [2.45, 2.75) is 0 Å². The number of aromatic nitrogens is 5. The lowest BCUT2D eigenvalue weighted by atomic mass is 9.89. The van der Waals surface area contributed by atoms with E-state index in [1.54, 1.807) is 0 Å². The van der Waals surface area contributed by atoms with E-state index in [1.807, 2.05) is 11.3 Å². The normalized spacial score (nSPS) is 12.4. The molecule has 9 aromatic heterocycles. The van der Waals surface area contributed by atoms with Crippen molar-refractivity contribution in [1.82, 2.24) is 22.8 Å². The third-order valence-corrected chi connectivity index (χ3v) is 33.0. The molecule has 0 aliphatic heterocycles. The Balaban J connectivity index is 0.0000000964. The van der Waals surface area contributed by atoms with E-state index in [0.717, 1.165) is 111 Å². The molecule has 9 heteroatoms. The first kappa shape index (κ1) is 80.4. The highest BCUT2D eigenvalue weighted by Gasteiger charge is 2.32. The summed E-state index contributed by atoms with van der Waals surface area (Å²) < 4.78 is 35.7. The van der Waals surface area contributed by atoms with Crippen LogP contribution in [-0.4, -0.2) is 22.8 Å². The van der Waals surface area contributed by atoms with E-state index >= 15 is 0 Å². The second-order valence-electron chi connectivity index (χ2n) is 39.2. The van der Waals surface area contributed by atoms with Crippen molar-refractivity contribution in [3.8, 4) is 28.4 Å². The number of para-hydroxylation sites is 10. The standard InChI is InChI=1S/2C48H28N2O.C42H23NOS/c1-3-20-35-31(16-1)32-17-2-4-21-36(32)44-43(35)45-37-22-7-11-26-41(37)50(47(45)48-46(44)38-23-8-12-27-42(38)51-48)30-15-13-14-29(28-30)49-39-24-9-5-18-33(39)34-19-6-10-25-40(34)49;1-3-17-35-31(13-1)32-14-2-4-18-36(32)44-43(35)45-37-19-7-11-23-41(37)50(47(45)48-46(44)38-20-8-12-24-42(38)51-48)30-27-25-29(26-28-30)49-39-21-9-5-15-33(39)34-16-6-10-22-40(34)49;1-3-14-28-25(11-1)26-12-2-4-15-29(26)38-37(28)39-30-16-5-8-18-33(30)43(41(39)42-40(38)31-17-6-9-19-34(31)44-42)24-21-22-36-32(23-24)27-13-7-10-20-35(27)45-36/h2*1-28H;1-23H. The van der Waals surface area contributed by atoms with Crippen LogP contribution in [0.3, 0.4) is 0 Å². The Morgan fingerprint density at radius 1 is 0.129 bits per heavy atom. The Hall–Kier alpha value is -19.3. The number of rotatable bonds is 5. The lowest BCUT2D eigenvalue weighted by molar-refractivity contribution is 0.671. The first-order valence-corrected chi connectivity index (χ1v) is 51.2. The van der Waals surface area contributed by atoms with Gasteiger partial charge in [-0.3, -0.25) is 0 Å². The summed E-state index contributed by atoms with van der Waals surface area (Å²) in [4.78, 5) is 0. The minimum absolute atomic E-state index is 0.898. The molecule has 0 aliphatic rings. The average Bonchev–Trinajstić information content (AvgIpc) is 1.50. The monoisotopic (exact) mass is 1890 g/mol. The van der Waals surface area contributed by atoms with Gasteiger partial charge in [-0.2, -0.15) is 0 Å². The zero-order chi connectivity index (χ0) is 95.6. The molecule has 8 nitrogen and oxygen atoms in total. The van der Waals surface area contributed by atoms with Crippen LogP contribution in [0.15, 0.2) is 492 Å². The first-order valence-electron chi connectivity index (χ1n) is 50.4. The minimum atomic E-state index is 0.898. The van der Waals surface area contributed by atoms with E-state index in [-0.39, 0.29) is 0 Å². The van der Waals surface area contributed by atoms with Crippen LogP contribution in [0.5, 0.6) is 0 Å². The molecule has 35 rings (SSSR count). The van der Waals surface area contributed by atoms with E-state index < -0.39 is 0 Å². The summed E-state index contributed by atoms with van der Waals surface area (Å²) in [5.74, 6) is 0. The second kappa shape index (κ2) is 30.6. The van der Waals surface area contributed by atoms with Crippen LogP contribution < -0.4 is 0 Å². The second-order valence-corrected chi connectivity index (χ2v) is 40.3. The number of nitrogens with zero attached hydrogens (tertiary/aromatic N) is 5. The van der Waals surface area contributed by atoms with Crippen molar-refractivity contribution in [3.63, 3.8) is 0 Å². The maximum absolute atomic E-state index is 7.02. The lowest BCUT2D eigenvalue weighted by Crippen LogP contribution is -1.99. The van der Waals surface area contributed by atoms with Crippen LogP contribution in [0.2, 0.25) is 0 Å². The molecule has 0 radical (unpaired) electrons. The van der Waals surface area contributed by atoms with Crippen LogP contribution in [0.4, 0.5) is 0 Å². The first-order chi connectivity index (χ1) is 73.0. The molecule has 0 amide bonds. The Labute approximate surface area is 840 Å². The molecule has 0 saturated heterocycles. The third kappa shape index (κ3) is 11.1. The minimum Gasteiger partial charge on any atom is -0.454 e. The molecular weight excluding hydrogens is 1810 g/mol. The molecule has 0 N–H and O–H groups in total. The van der Waals surface area contributed by atoms with Gasteiger partial charge in [0.05, 0.1) is 55.2 Å². The van der Waals surface area contributed by atoms with Crippen molar-refractivity contribution in [2.75, 3.05) is 0 Å². The molecule has 147 heavy (non-hydrogen) atoms. The molecule has 0 atom stereocenters. The largest absolute Gasteiger partial charge is 0.454 e. The number of fused-ring (bicyclic) bond motifs is 54. The highest BCUT2D eigenvalue weighted by Crippen LogP contribution is 2.57. The topological polar surface area (TPSA) is 64.1 Å². The van der Waals surface area contributed by atoms with Gasteiger partial charge in [-0.25, -0.2) is 0 Å². The molecule has 0 aliphatic carbocycles. The Kier molecular flexibility index (Phi) is 16.7. The summed E-state index contributed by atoms with van der Waals surface area (Å²) in [6.07, 6.45) is 0. The highest BCUT2D eigenvalue weighted by atomic mass is 32.1. The molecular formula is C138H79N5O3S. The van der Waals surface area contributed by atoms with Gasteiger partial charge in [-0.15, -0.1) is 11.3 Å². The van der Waals surface area contributed by atoms with E-state index in [2.05, 4.69) is 502 Å². The molecule has 0 spiro atoms. The number of hydrogen-bond donors (Lipinski definition) is 0. The third-order valence-electron chi connectivity index (χ3n) is 31.8. The fourth-order valence-corrected chi connectivity index (χ4v) is 27.2. The van der Waals surface area contributed by atoms with E-state index in [9.17, 15) is 0 Å². The summed E-state index contributed by atoms with van der Waals surface area (Å²) >= 11 is 1.86. The highest BCUT2D eigenvalue weighted by molar-refractivity contribution is 7.25. The number of hydrogen-bond acceptors (Lipinski definition) is 4. The number of furan rings is 3. The van der Waals surface area contributed by atoms with Crippen LogP contribution in [-0.2, 0) is 0 Å². The molecule has 9 heterocycles. The maximum atomic E-state index is 7.02. The Morgan fingerprint density at radius 2 is 0.347 bits per heavy atom. The average molecular weight is 1890 g/mol. The summed E-state index contributed by atoms with van der Waals surface area (Å²) in [7, 11) is 0. The van der Waals surface area contributed by atoms with Gasteiger partial charge in [0.2, 0.25) is 0 Å². The van der Waals surface area contributed by atoms with Crippen molar-refractivity contribution in [2.24, 2.45) is 0 Å². The number of thiophene rings is 1. The van der Waals surface area contributed by atoms with Gasteiger partial charge < -0.3 is 36.1 Å². The van der Waals surface area contributed by atoms with E-state index in [0.29, 0.717) is 0 Å². The fourth-order valence-electron chi connectivity index (χ4n) is 26.1. The van der Waals surface area contributed by atoms with E-state index in [4.69, 9.17) is 13.3 Å². The zero-order valence-corrected chi connectivity index (χ0v) is 79.8. The molecule has 26 aromatic carbocycles. The molecule has 0 saturated carbocycles. The molecule has 0 fully saturated rings. The van der Waals surface area contributed by atoms with Crippen molar-refractivity contribution >= 4 is 303 Å². The molecule has 0 unspecified atom stereocenters. The van der Waals surface area contributed by atoms with Gasteiger partial charge >= 0.3 is 0 Å². The zero-order valence-electron chi connectivity index (χ0n) is 79.0. The summed E-state index contributed by atoms with van der Waals surface area (Å²) in [6, 6.07) is 174. The Bertz CT molecular complexity index is 11900. The predicted octanol–water partition coefficient (Wildman–Crippen LogP) is 39.0. The quantitative estimate of drug-likeness (QED) is 0.161. The lowest BCUT2D eigenvalue weighted by Gasteiger charge is -2.15. The van der Waals surface area contributed by atoms with Crippen molar-refractivity contribution in [3.05, 3.63) is 479 Å². The predicted molar refractivity (Wildman–Crippen MR) is 623 cm³/mol. The molecule has 35 aromatic rings. The Morgan fingerprint density at radius 3 is 0.680 bits per heavy atom. The SMILES string of the molecule is c1cc(-n2c3ccccc3c3ccccc32)cc(-n2c3ccccc3c3c4c5ccccc5c5ccccc5c4c4c5ccccc5oc4c32)c1.c1ccc2c(c1)oc1c2c2c3ccccc3c3ccccc3c2c2c3ccccc3n(-c3ccc(-n4c5ccccc5c5ccccc54)cc3)c12.c1ccc2c(c1)oc1c2c2c3ccccc3c3ccccc3c2c2c3ccccc3n(-c3ccc4sc5ccccc5c4c3)c12. The van der Waals surface area contributed by atoms with Crippen LogP contribution in [0.1, 0.15) is 0 Å². The van der Waals surface area contributed by atoms with Crippen molar-refractivity contribution in [1.29, 1.82) is 0 Å². The van der Waals surface area contributed by atoms with Gasteiger partial charge in [-0.05, 0) is 192 Å². The van der Waals surface area contributed by atoms with Crippen LogP contribution in [0.25, 0.3) is 320 Å². The molecule has 680 valence electrons. The summed E-state index contributed by atoms with van der Waals surface area (Å²) in [6.45, 7) is 0. The van der Waals surface area contributed by atoms with Gasteiger partial charge in [0, 0.05) is 167 Å². The summed E-state index contributed by atoms with van der Waals surface area (Å²) in [5, 5.41) is 44.6.